The average Bonchev–Trinajstić information content (AvgIpc) is 2.89. The van der Waals surface area contributed by atoms with Crippen LogP contribution in [0.15, 0.2) is 30.6 Å². The molecule has 0 radical (unpaired) electrons. The monoisotopic (exact) mass is 305 g/mol. The van der Waals surface area contributed by atoms with Gasteiger partial charge in [0.25, 0.3) is 0 Å². The SMILES string of the molecule is COc1cccc(-n2cnn(C[NH+]3CCCCC3)c2=S)c1. The van der Waals surface area contributed by atoms with Crippen molar-refractivity contribution in [3.63, 3.8) is 0 Å². The topological polar surface area (TPSA) is 36.4 Å². The summed E-state index contributed by atoms with van der Waals surface area (Å²) < 4.78 is 9.86. The molecule has 2 aromatic rings. The van der Waals surface area contributed by atoms with E-state index in [0.717, 1.165) is 22.9 Å². The van der Waals surface area contributed by atoms with Crippen LogP contribution in [0.4, 0.5) is 0 Å². The van der Waals surface area contributed by atoms with E-state index in [2.05, 4.69) is 5.10 Å². The van der Waals surface area contributed by atoms with Crippen LogP contribution < -0.4 is 9.64 Å². The molecule has 1 aromatic carbocycles. The highest BCUT2D eigenvalue weighted by Gasteiger charge is 2.15. The Hall–Kier alpha value is -1.66. The molecule has 2 heterocycles. The molecule has 21 heavy (non-hydrogen) atoms. The van der Waals surface area contributed by atoms with Crippen molar-refractivity contribution in [1.82, 2.24) is 14.3 Å². The largest absolute Gasteiger partial charge is 0.497 e. The number of methoxy groups -OCH3 is 1. The lowest BCUT2D eigenvalue weighted by Gasteiger charge is -2.22. The Labute approximate surface area is 129 Å². The van der Waals surface area contributed by atoms with Crippen LogP contribution in [0.5, 0.6) is 5.75 Å². The zero-order valence-corrected chi connectivity index (χ0v) is 13.1. The second-order valence-corrected chi connectivity index (χ2v) is 5.82. The fourth-order valence-corrected chi connectivity index (χ4v) is 3.07. The Bertz CT molecular complexity index is 658. The number of likely N-dealkylation sites (tertiary alicyclic amines) is 1. The molecule has 0 aliphatic carbocycles. The first-order chi connectivity index (χ1) is 10.3. The Balaban J connectivity index is 1.82. The maximum absolute atomic E-state index is 5.56. The van der Waals surface area contributed by atoms with Gasteiger partial charge in [0.1, 0.15) is 12.1 Å². The van der Waals surface area contributed by atoms with E-state index >= 15 is 0 Å². The Kier molecular flexibility index (Phi) is 4.36. The number of piperidine rings is 1. The van der Waals surface area contributed by atoms with Crippen LogP contribution in [0.1, 0.15) is 19.3 Å². The summed E-state index contributed by atoms with van der Waals surface area (Å²) in [4.78, 5) is 1.56. The lowest BCUT2D eigenvalue weighted by Crippen LogP contribution is -3.12. The molecule has 0 amide bonds. The van der Waals surface area contributed by atoms with Crippen molar-refractivity contribution in [1.29, 1.82) is 0 Å². The van der Waals surface area contributed by atoms with E-state index in [1.807, 2.05) is 33.5 Å². The maximum atomic E-state index is 5.56. The van der Waals surface area contributed by atoms with E-state index in [1.54, 1.807) is 18.3 Å². The summed E-state index contributed by atoms with van der Waals surface area (Å²) in [7, 11) is 1.67. The van der Waals surface area contributed by atoms with Gasteiger partial charge in [-0.15, -0.1) is 0 Å². The smallest absolute Gasteiger partial charge is 0.207 e. The van der Waals surface area contributed by atoms with Crippen molar-refractivity contribution >= 4 is 12.2 Å². The molecule has 1 N–H and O–H groups in total. The van der Waals surface area contributed by atoms with Crippen LogP contribution in [0.2, 0.25) is 0 Å². The minimum atomic E-state index is 0.737. The summed E-state index contributed by atoms with van der Waals surface area (Å²) >= 11 is 5.56. The van der Waals surface area contributed by atoms with Gasteiger partial charge < -0.3 is 9.64 Å². The summed E-state index contributed by atoms with van der Waals surface area (Å²) in [5, 5.41) is 4.46. The van der Waals surface area contributed by atoms with Gasteiger partial charge in [0, 0.05) is 6.07 Å². The number of hydrogen-bond acceptors (Lipinski definition) is 3. The molecule has 1 aliphatic rings. The molecule has 0 saturated carbocycles. The molecule has 1 saturated heterocycles. The van der Waals surface area contributed by atoms with Gasteiger partial charge in [0.2, 0.25) is 4.77 Å². The highest BCUT2D eigenvalue weighted by atomic mass is 32.1. The normalized spacial score (nSPS) is 16.0. The van der Waals surface area contributed by atoms with Gasteiger partial charge in [-0.2, -0.15) is 9.78 Å². The Morgan fingerprint density at radius 3 is 2.86 bits per heavy atom. The van der Waals surface area contributed by atoms with Gasteiger partial charge in [-0.05, 0) is 43.6 Å². The quantitative estimate of drug-likeness (QED) is 0.869. The number of ether oxygens (including phenoxy) is 1. The van der Waals surface area contributed by atoms with Crippen molar-refractivity contribution in [3.8, 4) is 11.4 Å². The number of nitrogens with one attached hydrogen (secondary N) is 1. The highest BCUT2D eigenvalue weighted by molar-refractivity contribution is 7.71. The number of nitrogens with zero attached hydrogens (tertiary/aromatic N) is 3. The maximum Gasteiger partial charge on any atom is 0.207 e. The molecule has 3 rings (SSSR count). The predicted octanol–water partition coefficient (Wildman–Crippen LogP) is 1.44. The zero-order valence-electron chi connectivity index (χ0n) is 12.3. The van der Waals surface area contributed by atoms with Crippen molar-refractivity contribution in [2.24, 2.45) is 0 Å². The van der Waals surface area contributed by atoms with Gasteiger partial charge in [-0.25, -0.2) is 0 Å². The third kappa shape index (κ3) is 3.16. The summed E-state index contributed by atoms with van der Waals surface area (Å²) in [5.41, 5.74) is 0.985. The van der Waals surface area contributed by atoms with Crippen molar-refractivity contribution in [2.45, 2.75) is 25.9 Å². The third-order valence-corrected chi connectivity index (χ3v) is 4.41. The second kappa shape index (κ2) is 6.41. The molecule has 0 unspecified atom stereocenters. The summed E-state index contributed by atoms with van der Waals surface area (Å²) in [5.74, 6) is 0.823. The molecule has 1 fully saturated rings. The number of hydrogen-bond donors (Lipinski definition) is 1. The number of benzene rings is 1. The van der Waals surface area contributed by atoms with Gasteiger partial charge in [-0.1, -0.05) is 6.07 Å². The van der Waals surface area contributed by atoms with Crippen LogP contribution in [0, 0.1) is 4.77 Å². The molecule has 1 aliphatic heterocycles. The molecule has 112 valence electrons. The summed E-state index contributed by atoms with van der Waals surface area (Å²) in [6.07, 6.45) is 5.76. The van der Waals surface area contributed by atoms with Crippen LogP contribution in [0.3, 0.4) is 0 Å². The van der Waals surface area contributed by atoms with Gasteiger partial charge in [0.05, 0.1) is 25.9 Å². The summed E-state index contributed by atoms with van der Waals surface area (Å²) in [6.45, 7) is 3.29. The first kappa shape index (κ1) is 14.3. The third-order valence-electron chi connectivity index (χ3n) is 4.00. The molecule has 6 heteroatoms. The van der Waals surface area contributed by atoms with Crippen molar-refractivity contribution < 1.29 is 9.64 Å². The molecular formula is C15H21N4OS+. The standard InChI is InChI=1S/C15H20N4OS/c1-20-14-7-5-6-13(10-14)18-11-16-19(15(18)21)12-17-8-3-2-4-9-17/h5-7,10-11H,2-4,8-9,12H2,1H3/p+1. The second-order valence-electron chi connectivity index (χ2n) is 5.45. The molecule has 5 nitrogen and oxygen atoms in total. The number of aromatic nitrogens is 3. The first-order valence-corrected chi connectivity index (χ1v) is 7.81. The van der Waals surface area contributed by atoms with E-state index in [0.29, 0.717) is 0 Å². The van der Waals surface area contributed by atoms with Crippen molar-refractivity contribution in [3.05, 3.63) is 35.4 Å². The molecule has 0 bridgehead atoms. The molecule has 0 spiro atoms. The van der Waals surface area contributed by atoms with E-state index in [4.69, 9.17) is 17.0 Å². The number of rotatable bonds is 4. The Morgan fingerprint density at radius 1 is 1.29 bits per heavy atom. The van der Waals surface area contributed by atoms with Crippen LogP contribution in [-0.4, -0.2) is 34.5 Å². The zero-order chi connectivity index (χ0) is 14.7. The fraction of sp³-hybridized carbons (Fsp3) is 0.467. The average molecular weight is 305 g/mol. The minimum Gasteiger partial charge on any atom is -0.497 e. The van der Waals surface area contributed by atoms with Gasteiger partial charge in [0.15, 0.2) is 6.67 Å². The number of quaternary nitrogens is 1. The van der Waals surface area contributed by atoms with Gasteiger partial charge >= 0.3 is 0 Å². The fourth-order valence-electron chi connectivity index (χ4n) is 2.80. The lowest BCUT2D eigenvalue weighted by atomic mass is 10.1. The predicted molar refractivity (Wildman–Crippen MR) is 83.5 cm³/mol. The van der Waals surface area contributed by atoms with E-state index in [9.17, 15) is 0 Å². The lowest BCUT2D eigenvalue weighted by molar-refractivity contribution is -0.928. The van der Waals surface area contributed by atoms with Crippen LogP contribution in [-0.2, 0) is 6.67 Å². The highest BCUT2D eigenvalue weighted by Crippen LogP contribution is 2.16. The van der Waals surface area contributed by atoms with Crippen LogP contribution >= 0.6 is 12.2 Å². The van der Waals surface area contributed by atoms with E-state index in [-0.39, 0.29) is 0 Å². The Morgan fingerprint density at radius 2 is 2.10 bits per heavy atom. The van der Waals surface area contributed by atoms with Gasteiger partial charge in [-0.3, -0.25) is 4.57 Å². The van der Waals surface area contributed by atoms with E-state index in [1.165, 1.54) is 32.4 Å². The van der Waals surface area contributed by atoms with E-state index < -0.39 is 0 Å². The molecule has 0 atom stereocenters. The molecular weight excluding hydrogens is 284 g/mol. The van der Waals surface area contributed by atoms with Crippen LogP contribution in [0.25, 0.3) is 5.69 Å². The summed E-state index contributed by atoms with van der Waals surface area (Å²) in [6, 6.07) is 7.87. The molecule has 1 aromatic heterocycles. The first-order valence-electron chi connectivity index (χ1n) is 7.40. The minimum absolute atomic E-state index is 0.737. The van der Waals surface area contributed by atoms with Crippen molar-refractivity contribution in [2.75, 3.05) is 20.2 Å².